The van der Waals surface area contributed by atoms with Crippen LogP contribution in [-0.2, 0) is 12.0 Å². The molecule has 7 heteroatoms. The first kappa shape index (κ1) is 19.5. The largest absolute Gasteiger partial charge is 0.490 e. The average molecular weight is 389 g/mol. The highest BCUT2D eigenvalue weighted by Gasteiger charge is 2.17. The lowest BCUT2D eigenvalue weighted by Gasteiger charge is -2.14. The Hall–Kier alpha value is -2.28. The van der Waals surface area contributed by atoms with E-state index in [0.29, 0.717) is 19.8 Å². The molecule has 2 heterocycles. The fraction of sp³-hybridized carbons (Fsp3) is 0.500. The quantitative estimate of drug-likeness (QED) is 0.607. The summed E-state index contributed by atoms with van der Waals surface area (Å²) in [7, 11) is 0. The number of fused-ring (bicyclic) bond motifs is 1. The molecule has 0 atom stereocenters. The van der Waals surface area contributed by atoms with Crippen molar-refractivity contribution in [2.45, 2.75) is 46.1 Å². The summed E-state index contributed by atoms with van der Waals surface area (Å²) in [6.45, 7) is 11.2. The number of guanidine groups is 1. The van der Waals surface area contributed by atoms with Crippen LogP contribution in [0.15, 0.2) is 28.6 Å². The maximum atomic E-state index is 5.76. The van der Waals surface area contributed by atoms with Gasteiger partial charge in [0.1, 0.15) is 5.01 Å². The summed E-state index contributed by atoms with van der Waals surface area (Å²) in [6.07, 6.45) is 0.895. The Balaban J connectivity index is 1.71. The van der Waals surface area contributed by atoms with Crippen molar-refractivity contribution in [1.29, 1.82) is 0 Å². The molecule has 0 aliphatic carbocycles. The lowest BCUT2D eigenvalue weighted by atomic mass is 9.93. The van der Waals surface area contributed by atoms with Crippen molar-refractivity contribution >= 4 is 23.0 Å². The number of hydrogen-bond acceptors (Lipinski definition) is 5. The Morgan fingerprint density at radius 3 is 2.70 bits per heavy atom. The SMILES string of the molecule is CCNC(=NCc1nc(C(C)(C)C)cs1)Nc1ccc2c(c1)OCCCO2. The molecular weight excluding hydrogens is 360 g/mol. The van der Waals surface area contributed by atoms with E-state index >= 15 is 0 Å². The molecule has 0 saturated carbocycles. The van der Waals surface area contributed by atoms with Gasteiger partial charge in [-0.05, 0) is 19.1 Å². The van der Waals surface area contributed by atoms with E-state index in [-0.39, 0.29) is 5.41 Å². The van der Waals surface area contributed by atoms with E-state index in [1.807, 2.05) is 25.1 Å². The zero-order valence-corrected chi connectivity index (χ0v) is 17.3. The highest BCUT2D eigenvalue weighted by molar-refractivity contribution is 7.09. The summed E-state index contributed by atoms with van der Waals surface area (Å²) in [4.78, 5) is 9.38. The van der Waals surface area contributed by atoms with E-state index < -0.39 is 0 Å². The van der Waals surface area contributed by atoms with Crippen LogP contribution in [0.2, 0.25) is 0 Å². The van der Waals surface area contributed by atoms with Gasteiger partial charge in [0.2, 0.25) is 0 Å². The van der Waals surface area contributed by atoms with E-state index in [2.05, 4.69) is 41.8 Å². The van der Waals surface area contributed by atoms with Gasteiger partial charge in [-0.3, -0.25) is 0 Å². The van der Waals surface area contributed by atoms with Crippen LogP contribution in [0.25, 0.3) is 0 Å². The van der Waals surface area contributed by atoms with E-state index in [9.17, 15) is 0 Å². The molecule has 0 bridgehead atoms. The number of nitrogens with one attached hydrogen (secondary N) is 2. The summed E-state index contributed by atoms with van der Waals surface area (Å²) >= 11 is 1.65. The molecule has 1 aliphatic rings. The van der Waals surface area contributed by atoms with Crippen molar-refractivity contribution in [3.05, 3.63) is 34.3 Å². The minimum absolute atomic E-state index is 0.0606. The van der Waals surface area contributed by atoms with Gasteiger partial charge in [0.25, 0.3) is 0 Å². The van der Waals surface area contributed by atoms with E-state index in [4.69, 9.17) is 14.5 Å². The number of ether oxygens (including phenoxy) is 2. The second-order valence-electron chi connectivity index (χ2n) is 7.41. The van der Waals surface area contributed by atoms with Gasteiger partial charge in [-0.2, -0.15) is 0 Å². The maximum Gasteiger partial charge on any atom is 0.196 e. The van der Waals surface area contributed by atoms with Gasteiger partial charge >= 0.3 is 0 Å². The Morgan fingerprint density at radius 1 is 1.22 bits per heavy atom. The van der Waals surface area contributed by atoms with Gasteiger partial charge in [0.05, 0.1) is 25.5 Å². The first-order valence-corrected chi connectivity index (χ1v) is 10.2. The monoisotopic (exact) mass is 388 g/mol. The van der Waals surface area contributed by atoms with Crippen molar-refractivity contribution in [3.8, 4) is 11.5 Å². The summed E-state index contributed by atoms with van der Waals surface area (Å²) in [5.41, 5.74) is 2.08. The van der Waals surface area contributed by atoms with Gasteiger partial charge in [-0.15, -0.1) is 11.3 Å². The zero-order valence-electron chi connectivity index (χ0n) is 16.5. The molecule has 0 fully saturated rings. The van der Waals surface area contributed by atoms with Gasteiger partial charge < -0.3 is 20.1 Å². The Bertz CT molecular complexity index is 796. The number of hydrogen-bond donors (Lipinski definition) is 2. The van der Waals surface area contributed by atoms with Crippen LogP contribution < -0.4 is 20.1 Å². The molecular formula is C20H28N4O2S. The van der Waals surface area contributed by atoms with Crippen molar-refractivity contribution in [2.24, 2.45) is 4.99 Å². The molecule has 0 radical (unpaired) electrons. The molecule has 2 N–H and O–H groups in total. The Morgan fingerprint density at radius 2 is 2.00 bits per heavy atom. The summed E-state index contributed by atoms with van der Waals surface area (Å²) in [6, 6.07) is 5.86. The number of rotatable bonds is 4. The Kier molecular flexibility index (Phi) is 6.21. The van der Waals surface area contributed by atoms with Gasteiger partial charge in [-0.1, -0.05) is 20.8 Å². The molecule has 0 spiro atoms. The third-order valence-corrected chi connectivity index (χ3v) is 4.88. The van der Waals surface area contributed by atoms with Gasteiger partial charge in [-0.25, -0.2) is 9.98 Å². The van der Waals surface area contributed by atoms with Crippen LogP contribution in [0.5, 0.6) is 11.5 Å². The lowest BCUT2D eigenvalue weighted by molar-refractivity contribution is 0.297. The number of nitrogens with zero attached hydrogens (tertiary/aromatic N) is 2. The second-order valence-corrected chi connectivity index (χ2v) is 8.35. The van der Waals surface area contributed by atoms with Crippen LogP contribution in [0.3, 0.4) is 0 Å². The summed E-state index contributed by atoms with van der Waals surface area (Å²) in [5, 5.41) is 9.74. The van der Waals surface area contributed by atoms with Crippen LogP contribution in [0, 0.1) is 0 Å². The molecule has 2 aromatic rings. The van der Waals surface area contributed by atoms with Crippen molar-refractivity contribution in [2.75, 3.05) is 25.1 Å². The minimum Gasteiger partial charge on any atom is -0.490 e. The van der Waals surface area contributed by atoms with E-state index in [1.54, 1.807) is 11.3 Å². The highest BCUT2D eigenvalue weighted by Crippen LogP contribution is 2.32. The smallest absolute Gasteiger partial charge is 0.196 e. The molecule has 146 valence electrons. The number of anilines is 1. The molecule has 27 heavy (non-hydrogen) atoms. The van der Waals surface area contributed by atoms with E-state index in [0.717, 1.165) is 46.8 Å². The fourth-order valence-corrected chi connectivity index (χ4v) is 3.50. The Labute approximate surface area is 165 Å². The predicted molar refractivity (Wildman–Crippen MR) is 111 cm³/mol. The molecule has 0 amide bonds. The normalized spacial score (nSPS) is 14.6. The highest BCUT2D eigenvalue weighted by atomic mass is 32.1. The molecule has 0 saturated heterocycles. The molecule has 1 aromatic heterocycles. The number of benzene rings is 1. The van der Waals surface area contributed by atoms with Crippen molar-refractivity contribution < 1.29 is 9.47 Å². The van der Waals surface area contributed by atoms with Crippen LogP contribution in [0.4, 0.5) is 5.69 Å². The number of aliphatic imine (C=N–C) groups is 1. The van der Waals surface area contributed by atoms with Crippen LogP contribution in [-0.4, -0.2) is 30.7 Å². The predicted octanol–water partition coefficient (Wildman–Crippen LogP) is 4.18. The minimum atomic E-state index is 0.0606. The van der Waals surface area contributed by atoms with Crippen molar-refractivity contribution in [1.82, 2.24) is 10.3 Å². The van der Waals surface area contributed by atoms with E-state index in [1.165, 1.54) is 0 Å². The third kappa shape index (κ3) is 5.35. The first-order chi connectivity index (χ1) is 13.0. The topological polar surface area (TPSA) is 67.8 Å². The fourth-order valence-electron chi connectivity index (χ4n) is 2.56. The number of aromatic nitrogens is 1. The maximum absolute atomic E-state index is 5.76. The molecule has 0 unspecified atom stereocenters. The summed E-state index contributed by atoms with van der Waals surface area (Å²) < 4.78 is 11.4. The summed E-state index contributed by atoms with van der Waals surface area (Å²) in [5.74, 6) is 2.28. The second kappa shape index (κ2) is 8.61. The number of thiazole rings is 1. The third-order valence-electron chi connectivity index (χ3n) is 4.05. The van der Waals surface area contributed by atoms with Crippen LogP contribution >= 0.6 is 11.3 Å². The van der Waals surface area contributed by atoms with Gasteiger partial charge in [0.15, 0.2) is 17.5 Å². The van der Waals surface area contributed by atoms with Gasteiger partial charge in [0, 0.05) is 35.5 Å². The molecule has 6 nitrogen and oxygen atoms in total. The lowest BCUT2D eigenvalue weighted by Crippen LogP contribution is -2.30. The first-order valence-electron chi connectivity index (χ1n) is 9.35. The van der Waals surface area contributed by atoms with Crippen LogP contribution in [0.1, 0.15) is 44.8 Å². The molecule has 3 rings (SSSR count). The average Bonchev–Trinajstić information content (AvgIpc) is 2.99. The standard InChI is InChI=1S/C20H28N4O2S/c1-5-21-19(22-12-18-24-17(13-27-18)20(2,3)4)23-14-7-8-15-16(11-14)26-10-6-9-25-15/h7-8,11,13H,5-6,9-10,12H2,1-4H3,(H2,21,22,23). The molecule has 1 aromatic carbocycles. The van der Waals surface area contributed by atoms with Crippen molar-refractivity contribution in [3.63, 3.8) is 0 Å². The zero-order chi connectivity index (χ0) is 19.3. The molecule has 1 aliphatic heterocycles.